The quantitative estimate of drug-likeness (QED) is 0.602. The molecule has 0 aromatic rings. The second kappa shape index (κ2) is 3.20. The van der Waals surface area contributed by atoms with E-state index in [1.54, 1.807) is 6.07 Å². The van der Waals surface area contributed by atoms with Crippen molar-refractivity contribution in [2.75, 3.05) is 12.3 Å². The number of nitrogens with zero attached hydrogens (tertiary/aromatic N) is 1. The van der Waals surface area contributed by atoms with Crippen LogP contribution in [0.1, 0.15) is 12.8 Å². The van der Waals surface area contributed by atoms with Crippen LogP contribution in [0.25, 0.3) is 0 Å². The number of sulfonamides is 1. The summed E-state index contributed by atoms with van der Waals surface area (Å²) in [6.45, 7) is -0.116. The summed E-state index contributed by atoms with van der Waals surface area (Å²) in [6.07, 6.45) is 2.01. The van der Waals surface area contributed by atoms with E-state index in [0.717, 1.165) is 12.8 Å². The highest BCUT2D eigenvalue weighted by Crippen LogP contribution is 2.29. The fourth-order valence-electron chi connectivity index (χ4n) is 0.796. The van der Waals surface area contributed by atoms with E-state index in [1.807, 2.05) is 0 Å². The predicted octanol–water partition coefficient (Wildman–Crippen LogP) is -0.161. The summed E-state index contributed by atoms with van der Waals surface area (Å²) < 4.78 is 24.1. The molecule has 1 saturated carbocycles. The molecular formula is C6H10N2O2S. The standard InChI is InChI=1S/C6H10N2O2S/c7-3-4-8-11(9,10)5-6-1-2-6/h6,8H,1-2,4-5H2. The first kappa shape index (κ1) is 8.50. The first-order valence-corrected chi connectivity index (χ1v) is 5.13. The van der Waals surface area contributed by atoms with Crippen molar-refractivity contribution in [2.24, 2.45) is 5.92 Å². The molecule has 1 fully saturated rings. The average molecular weight is 174 g/mol. The van der Waals surface area contributed by atoms with Crippen molar-refractivity contribution in [3.63, 3.8) is 0 Å². The van der Waals surface area contributed by atoms with Crippen LogP contribution < -0.4 is 4.72 Å². The highest BCUT2D eigenvalue weighted by atomic mass is 32.2. The van der Waals surface area contributed by atoms with E-state index < -0.39 is 10.0 Å². The van der Waals surface area contributed by atoms with Gasteiger partial charge in [-0.2, -0.15) is 5.26 Å². The molecule has 0 atom stereocenters. The molecule has 0 aromatic carbocycles. The molecule has 0 spiro atoms. The summed E-state index contributed by atoms with van der Waals surface area (Å²) in [5.41, 5.74) is 0. The van der Waals surface area contributed by atoms with Gasteiger partial charge in [0.05, 0.1) is 18.4 Å². The summed E-state index contributed by atoms with van der Waals surface area (Å²) in [4.78, 5) is 0. The minimum atomic E-state index is -3.15. The molecule has 0 heterocycles. The lowest BCUT2D eigenvalue weighted by atomic mass is 10.5. The smallest absolute Gasteiger partial charge is 0.212 e. The van der Waals surface area contributed by atoms with E-state index >= 15 is 0 Å². The number of rotatable bonds is 4. The third-order valence-corrected chi connectivity index (χ3v) is 3.02. The van der Waals surface area contributed by atoms with Gasteiger partial charge in [0.1, 0.15) is 0 Å². The molecule has 0 saturated heterocycles. The van der Waals surface area contributed by atoms with Crippen LogP contribution in [0, 0.1) is 17.2 Å². The number of hydrogen-bond donors (Lipinski definition) is 1. The summed E-state index contributed by atoms with van der Waals surface area (Å²) in [6, 6.07) is 1.73. The molecule has 1 aliphatic carbocycles. The Morgan fingerprint density at radius 3 is 2.64 bits per heavy atom. The second-order valence-corrected chi connectivity index (χ2v) is 4.56. The molecule has 1 aliphatic rings. The lowest BCUT2D eigenvalue weighted by molar-refractivity contribution is 0.582. The van der Waals surface area contributed by atoms with Crippen LogP contribution in [-0.4, -0.2) is 20.7 Å². The van der Waals surface area contributed by atoms with Gasteiger partial charge in [0.25, 0.3) is 0 Å². The van der Waals surface area contributed by atoms with Gasteiger partial charge in [0, 0.05) is 0 Å². The number of nitrogens with one attached hydrogen (secondary N) is 1. The topological polar surface area (TPSA) is 70.0 Å². The van der Waals surface area contributed by atoms with Crippen LogP contribution in [0.15, 0.2) is 0 Å². The van der Waals surface area contributed by atoms with Crippen molar-refractivity contribution < 1.29 is 8.42 Å². The molecule has 0 aromatic heterocycles. The Morgan fingerprint density at radius 1 is 1.55 bits per heavy atom. The second-order valence-electron chi connectivity index (χ2n) is 2.70. The minimum Gasteiger partial charge on any atom is -0.212 e. The molecule has 1 rings (SSSR count). The Morgan fingerprint density at radius 2 is 2.18 bits per heavy atom. The van der Waals surface area contributed by atoms with Gasteiger partial charge in [-0.05, 0) is 18.8 Å². The van der Waals surface area contributed by atoms with Crippen LogP contribution >= 0.6 is 0 Å². The maximum Gasteiger partial charge on any atom is 0.212 e. The van der Waals surface area contributed by atoms with Crippen LogP contribution in [0.4, 0.5) is 0 Å². The van der Waals surface area contributed by atoms with Crippen LogP contribution in [-0.2, 0) is 10.0 Å². The van der Waals surface area contributed by atoms with E-state index in [0.29, 0.717) is 5.92 Å². The molecule has 4 nitrogen and oxygen atoms in total. The molecule has 5 heteroatoms. The Hall–Kier alpha value is -0.600. The third kappa shape index (κ3) is 3.35. The first-order chi connectivity index (χ1) is 5.14. The number of nitriles is 1. The number of hydrogen-bond acceptors (Lipinski definition) is 3. The molecule has 0 bridgehead atoms. The van der Waals surface area contributed by atoms with Crippen LogP contribution in [0.2, 0.25) is 0 Å². The zero-order valence-corrected chi connectivity index (χ0v) is 6.89. The molecule has 0 amide bonds. The first-order valence-electron chi connectivity index (χ1n) is 3.48. The molecule has 0 unspecified atom stereocenters. The van der Waals surface area contributed by atoms with E-state index in [2.05, 4.69) is 4.72 Å². The summed E-state index contributed by atoms with van der Waals surface area (Å²) >= 11 is 0. The average Bonchev–Trinajstić information content (AvgIpc) is 2.67. The van der Waals surface area contributed by atoms with E-state index in [4.69, 9.17) is 5.26 Å². The summed E-state index contributed by atoms with van der Waals surface area (Å²) in [5, 5.41) is 8.10. The van der Waals surface area contributed by atoms with Gasteiger partial charge in [0.15, 0.2) is 0 Å². The van der Waals surface area contributed by atoms with Crippen molar-refractivity contribution in [1.29, 1.82) is 5.26 Å². The third-order valence-electron chi connectivity index (χ3n) is 1.52. The van der Waals surface area contributed by atoms with Gasteiger partial charge in [-0.25, -0.2) is 13.1 Å². The highest BCUT2D eigenvalue weighted by Gasteiger charge is 2.27. The lowest BCUT2D eigenvalue weighted by Crippen LogP contribution is -2.27. The summed E-state index contributed by atoms with van der Waals surface area (Å²) in [5.74, 6) is 0.528. The lowest BCUT2D eigenvalue weighted by Gasteiger charge is -1.99. The summed E-state index contributed by atoms with van der Waals surface area (Å²) in [7, 11) is -3.15. The highest BCUT2D eigenvalue weighted by molar-refractivity contribution is 7.89. The molecule has 0 radical (unpaired) electrons. The predicted molar refractivity (Wildman–Crippen MR) is 40.1 cm³/mol. The zero-order valence-electron chi connectivity index (χ0n) is 6.08. The van der Waals surface area contributed by atoms with Gasteiger partial charge < -0.3 is 0 Å². The molecule has 11 heavy (non-hydrogen) atoms. The van der Waals surface area contributed by atoms with E-state index in [9.17, 15) is 8.42 Å². The van der Waals surface area contributed by atoms with Gasteiger partial charge in [-0.15, -0.1) is 0 Å². The SMILES string of the molecule is N#CCNS(=O)(=O)CC1CC1. The van der Waals surface area contributed by atoms with E-state index in [-0.39, 0.29) is 12.3 Å². The monoisotopic (exact) mass is 174 g/mol. The van der Waals surface area contributed by atoms with Crippen molar-refractivity contribution >= 4 is 10.0 Å². The van der Waals surface area contributed by atoms with Crippen LogP contribution in [0.5, 0.6) is 0 Å². The van der Waals surface area contributed by atoms with Crippen molar-refractivity contribution in [1.82, 2.24) is 4.72 Å². The maximum absolute atomic E-state index is 11.0. The fraction of sp³-hybridized carbons (Fsp3) is 0.833. The molecule has 0 aliphatic heterocycles. The minimum absolute atomic E-state index is 0.116. The Labute approximate surface area is 66.3 Å². The molecular weight excluding hydrogens is 164 g/mol. The molecule has 62 valence electrons. The Bertz CT molecular complexity index is 261. The van der Waals surface area contributed by atoms with Gasteiger partial charge in [-0.3, -0.25) is 0 Å². The fourth-order valence-corrected chi connectivity index (χ4v) is 2.15. The van der Waals surface area contributed by atoms with Gasteiger partial charge in [-0.1, -0.05) is 0 Å². The van der Waals surface area contributed by atoms with Crippen molar-refractivity contribution in [3.05, 3.63) is 0 Å². The largest absolute Gasteiger partial charge is 0.212 e. The van der Waals surface area contributed by atoms with E-state index in [1.165, 1.54) is 0 Å². The van der Waals surface area contributed by atoms with Crippen molar-refractivity contribution in [3.8, 4) is 6.07 Å². The Kier molecular flexibility index (Phi) is 2.47. The molecule has 1 N–H and O–H groups in total. The normalized spacial score (nSPS) is 17.7. The Balaban J connectivity index is 2.33. The van der Waals surface area contributed by atoms with Crippen molar-refractivity contribution in [2.45, 2.75) is 12.8 Å². The maximum atomic E-state index is 11.0. The zero-order chi connectivity index (χ0) is 8.32. The van der Waals surface area contributed by atoms with Crippen LogP contribution in [0.3, 0.4) is 0 Å². The van der Waals surface area contributed by atoms with Gasteiger partial charge >= 0.3 is 0 Å². The van der Waals surface area contributed by atoms with Gasteiger partial charge in [0.2, 0.25) is 10.0 Å².